The van der Waals surface area contributed by atoms with E-state index >= 15 is 0 Å². The van der Waals surface area contributed by atoms with Crippen LogP contribution in [-0.2, 0) is 16.4 Å². The van der Waals surface area contributed by atoms with E-state index in [1.54, 1.807) is 30.3 Å². The van der Waals surface area contributed by atoms with Gasteiger partial charge in [0.2, 0.25) is 10.0 Å². The fraction of sp³-hybridized carbons (Fsp3) is 0.233. The lowest BCUT2D eigenvalue weighted by Crippen LogP contribution is -2.39. The van der Waals surface area contributed by atoms with Gasteiger partial charge in [0.25, 0.3) is 17.7 Å². The van der Waals surface area contributed by atoms with Gasteiger partial charge in [-0.15, -0.1) is 0 Å². The van der Waals surface area contributed by atoms with Crippen LogP contribution in [-0.4, -0.2) is 54.9 Å². The van der Waals surface area contributed by atoms with E-state index in [1.807, 2.05) is 26.0 Å². The van der Waals surface area contributed by atoms with Gasteiger partial charge in [-0.2, -0.15) is 0 Å². The van der Waals surface area contributed by atoms with Crippen molar-refractivity contribution in [1.29, 1.82) is 0 Å². The maximum atomic E-state index is 13.3. The second kappa shape index (κ2) is 11.8. The third kappa shape index (κ3) is 6.01. The second-order valence-corrected chi connectivity index (χ2v) is 12.7. The molecule has 1 aliphatic rings. The topological polar surface area (TPSA) is 126 Å². The quantitative estimate of drug-likeness (QED) is 0.178. The van der Waals surface area contributed by atoms with Crippen LogP contribution in [0, 0.1) is 13.8 Å². The molecule has 3 aromatic carbocycles. The number of sulfonamides is 1. The number of aromatic nitrogens is 1. The van der Waals surface area contributed by atoms with E-state index in [2.05, 4.69) is 9.71 Å². The number of hydrogen-bond donors (Lipinski definition) is 2. The molecule has 0 unspecified atom stereocenters. The van der Waals surface area contributed by atoms with Gasteiger partial charge >= 0.3 is 0 Å². The third-order valence-corrected chi connectivity index (χ3v) is 9.10. The first-order chi connectivity index (χ1) is 19.9. The molecule has 1 aromatic heterocycles. The van der Waals surface area contributed by atoms with Gasteiger partial charge < -0.3 is 9.72 Å². The van der Waals surface area contributed by atoms with Crippen molar-refractivity contribution in [3.05, 3.63) is 98.2 Å². The lowest BCUT2D eigenvalue weighted by atomic mass is 10.1. The Bertz CT molecular complexity index is 1790. The number of nitrogens with zero attached hydrogens (tertiary/aromatic N) is 1. The lowest BCUT2D eigenvalue weighted by molar-refractivity contribution is 0.0664. The SMILES string of the molecule is Cc1cc(OCCCc2c(C(=O)NS(=O)(=O)CCN3C(=O)c4ccccc4C3=O)[nH]c3cc(Cl)ccc23)cc(C)c1Cl. The van der Waals surface area contributed by atoms with E-state index in [9.17, 15) is 22.8 Å². The van der Waals surface area contributed by atoms with Crippen molar-refractivity contribution in [3.63, 3.8) is 0 Å². The third-order valence-electron chi connectivity index (χ3n) is 7.06. The average molecular weight is 629 g/mol. The molecule has 0 saturated carbocycles. The maximum absolute atomic E-state index is 13.3. The molecule has 3 amide bonds. The number of amides is 3. The number of aryl methyl sites for hydroxylation is 3. The fourth-order valence-electron chi connectivity index (χ4n) is 5.01. The number of carbonyl (C=O) groups is 3. The number of carbonyl (C=O) groups excluding carboxylic acids is 3. The summed E-state index contributed by atoms with van der Waals surface area (Å²) >= 11 is 12.4. The number of nitrogens with one attached hydrogen (secondary N) is 2. The van der Waals surface area contributed by atoms with Crippen LogP contribution in [0.4, 0.5) is 0 Å². The number of imide groups is 1. The Labute approximate surface area is 252 Å². The molecule has 0 saturated heterocycles. The van der Waals surface area contributed by atoms with Crippen LogP contribution in [0.25, 0.3) is 10.9 Å². The van der Waals surface area contributed by atoms with Gasteiger partial charge in [-0.1, -0.05) is 41.4 Å². The van der Waals surface area contributed by atoms with Crippen LogP contribution in [0.15, 0.2) is 54.6 Å². The van der Waals surface area contributed by atoms with Crippen molar-refractivity contribution >= 4 is 61.8 Å². The predicted octanol–water partition coefficient (Wildman–Crippen LogP) is 5.46. The molecule has 218 valence electrons. The molecular weight excluding hydrogens is 601 g/mol. The van der Waals surface area contributed by atoms with Crippen molar-refractivity contribution in [1.82, 2.24) is 14.6 Å². The molecule has 1 aliphatic heterocycles. The van der Waals surface area contributed by atoms with E-state index < -0.39 is 40.0 Å². The zero-order valence-electron chi connectivity index (χ0n) is 22.8. The van der Waals surface area contributed by atoms with Crippen LogP contribution >= 0.6 is 23.2 Å². The number of halogens is 2. The highest BCUT2D eigenvalue weighted by atomic mass is 35.5. The number of rotatable bonds is 10. The predicted molar refractivity (Wildman–Crippen MR) is 161 cm³/mol. The number of aromatic amines is 1. The molecule has 0 fully saturated rings. The summed E-state index contributed by atoms with van der Waals surface area (Å²) in [5.74, 6) is -1.96. The molecule has 2 N–H and O–H groups in total. The molecule has 0 aliphatic carbocycles. The van der Waals surface area contributed by atoms with E-state index in [0.29, 0.717) is 46.3 Å². The fourth-order valence-corrected chi connectivity index (χ4v) is 6.20. The number of H-pyrrole nitrogens is 1. The summed E-state index contributed by atoms with van der Waals surface area (Å²) in [5, 5.41) is 1.87. The lowest BCUT2D eigenvalue weighted by Gasteiger charge is -2.14. The summed E-state index contributed by atoms with van der Waals surface area (Å²) in [6.07, 6.45) is 0.939. The van der Waals surface area contributed by atoms with Crippen LogP contribution in [0.2, 0.25) is 10.0 Å². The van der Waals surface area contributed by atoms with Gasteiger partial charge in [0, 0.05) is 27.5 Å². The molecule has 0 spiro atoms. The van der Waals surface area contributed by atoms with Crippen molar-refractivity contribution < 1.29 is 27.5 Å². The summed E-state index contributed by atoms with van der Waals surface area (Å²) in [5.41, 5.74) is 3.52. The first kappa shape index (κ1) is 29.6. The van der Waals surface area contributed by atoms with Gasteiger partial charge in [-0.3, -0.25) is 19.3 Å². The average Bonchev–Trinajstić information content (AvgIpc) is 3.42. The highest BCUT2D eigenvalue weighted by Crippen LogP contribution is 2.29. The van der Waals surface area contributed by atoms with Gasteiger partial charge in [0.15, 0.2) is 0 Å². The zero-order valence-corrected chi connectivity index (χ0v) is 25.1. The van der Waals surface area contributed by atoms with E-state index in [4.69, 9.17) is 27.9 Å². The van der Waals surface area contributed by atoms with E-state index in [0.717, 1.165) is 21.4 Å². The van der Waals surface area contributed by atoms with Crippen molar-refractivity contribution in [2.24, 2.45) is 0 Å². The molecular formula is C30H27Cl2N3O6S. The van der Waals surface area contributed by atoms with Gasteiger partial charge in [-0.25, -0.2) is 13.1 Å². The number of benzene rings is 3. The molecule has 0 bridgehead atoms. The Hall–Kier alpha value is -3.86. The highest BCUT2D eigenvalue weighted by Gasteiger charge is 2.36. The Morgan fingerprint density at radius 3 is 2.26 bits per heavy atom. The summed E-state index contributed by atoms with van der Waals surface area (Å²) < 4.78 is 33.8. The number of ether oxygens (including phenoxy) is 1. The molecule has 5 rings (SSSR count). The summed E-state index contributed by atoms with van der Waals surface area (Å²) in [6.45, 7) is 3.75. The summed E-state index contributed by atoms with van der Waals surface area (Å²) in [4.78, 5) is 42.3. The standard InChI is InChI=1S/C30H27Cl2N3O6S/c1-17-14-20(15-18(2)26(17)32)41-12-5-8-22-21-10-9-19(31)16-25(21)33-27(22)28(36)34-42(39,40)13-11-35-29(37)23-6-3-4-7-24(23)30(35)38/h3-4,6-7,9-10,14-16,33H,5,8,11-13H2,1-2H3,(H,34,36). The van der Waals surface area contributed by atoms with Gasteiger partial charge in [-0.05, 0) is 79.8 Å². The van der Waals surface area contributed by atoms with Gasteiger partial charge in [0.1, 0.15) is 11.4 Å². The Morgan fingerprint density at radius 1 is 0.976 bits per heavy atom. The smallest absolute Gasteiger partial charge is 0.281 e. The Kier molecular flexibility index (Phi) is 8.32. The highest BCUT2D eigenvalue weighted by molar-refractivity contribution is 7.90. The van der Waals surface area contributed by atoms with Crippen LogP contribution in [0.1, 0.15) is 54.3 Å². The monoisotopic (exact) mass is 627 g/mol. The van der Waals surface area contributed by atoms with Crippen LogP contribution < -0.4 is 9.46 Å². The minimum Gasteiger partial charge on any atom is -0.494 e. The molecule has 2 heterocycles. The van der Waals surface area contributed by atoms with Crippen LogP contribution in [0.3, 0.4) is 0 Å². The van der Waals surface area contributed by atoms with Gasteiger partial charge in [0.05, 0.1) is 23.5 Å². The first-order valence-corrected chi connectivity index (χ1v) is 15.6. The van der Waals surface area contributed by atoms with Crippen molar-refractivity contribution in [2.45, 2.75) is 26.7 Å². The van der Waals surface area contributed by atoms with Crippen molar-refractivity contribution in [2.75, 3.05) is 18.9 Å². The zero-order chi connectivity index (χ0) is 30.2. The van der Waals surface area contributed by atoms with Crippen molar-refractivity contribution in [3.8, 4) is 5.75 Å². The Morgan fingerprint density at radius 2 is 1.62 bits per heavy atom. The number of fused-ring (bicyclic) bond motifs is 2. The summed E-state index contributed by atoms with van der Waals surface area (Å²) in [6, 6.07) is 15.1. The molecule has 9 nitrogen and oxygen atoms in total. The number of hydrogen-bond acceptors (Lipinski definition) is 6. The summed E-state index contributed by atoms with van der Waals surface area (Å²) in [7, 11) is -4.21. The molecule has 0 atom stereocenters. The van der Waals surface area contributed by atoms with Crippen LogP contribution in [0.5, 0.6) is 5.75 Å². The normalized spacial score (nSPS) is 13.1. The minimum absolute atomic E-state index is 0.0785. The minimum atomic E-state index is -4.21. The van der Waals surface area contributed by atoms with E-state index in [-0.39, 0.29) is 16.8 Å². The second-order valence-electron chi connectivity index (χ2n) is 10.0. The first-order valence-electron chi connectivity index (χ1n) is 13.1. The molecule has 42 heavy (non-hydrogen) atoms. The molecule has 0 radical (unpaired) electrons. The maximum Gasteiger partial charge on any atom is 0.281 e. The molecule has 4 aromatic rings. The molecule has 12 heteroatoms. The Balaban J connectivity index is 1.28. The van der Waals surface area contributed by atoms with E-state index in [1.165, 1.54) is 12.1 Å². The largest absolute Gasteiger partial charge is 0.494 e.